The van der Waals surface area contributed by atoms with Gasteiger partial charge < -0.3 is 11.1 Å². The maximum atomic E-state index is 11.3. The van der Waals surface area contributed by atoms with Crippen molar-refractivity contribution in [2.24, 2.45) is 17.6 Å². The lowest BCUT2D eigenvalue weighted by atomic mass is 9.79. The number of carbonyl (C=O) groups is 1. The van der Waals surface area contributed by atoms with E-state index >= 15 is 0 Å². The smallest absolute Gasteiger partial charge is 0.222 e. The van der Waals surface area contributed by atoms with Crippen molar-refractivity contribution in [3.8, 4) is 6.07 Å². The van der Waals surface area contributed by atoms with Gasteiger partial charge in [0.2, 0.25) is 11.9 Å². The summed E-state index contributed by atoms with van der Waals surface area (Å²) in [4.78, 5) is 28.7. The summed E-state index contributed by atoms with van der Waals surface area (Å²) in [7, 11) is 0. The molecule has 0 saturated heterocycles. The first kappa shape index (κ1) is 19.7. The summed E-state index contributed by atoms with van der Waals surface area (Å²) in [5, 5.41) is 12.6. The summed E-state index contributed by atoms with van der Waals surface area (Å²) in [6.45, 7) is 2.57. The van der Waals surface area contributed by atoms with Gasteiger partial charge in [0.25, 0.3) is 0 Å². The zero-order chi connectivity index (χ0) is 19.9. The van der Waals surface area contributed by atoms with E-state index in [9.17, 15) is 10.1 Å². The maximum absolute atomic E-state index is 11.3. The van der Waals surface area contributed by atoms with Gasteiger partial charge in [-0.1, -0.05) is 0 Å². The number of nitriles is 1. The summed E-state index contributed by atoms with van der Waals surface area (Å²) >= 11 is 0. The highest BCUT2D eigenvalue weighted by Gasteiger charge is 2.25. The Kier molecular flexibility index (Phi) is 6.48. The van der Waals surface area contributed by atoms with Crippen molar-refractivity contribution in [1.29, 1.82) is 5.26 Å². The van der Waals surface area contributed by atoms with Crippen LogP contribution in [0.3, 0.4) is 0 Å². The van der Waals surface area contributed by atoms with Crippen LogP contribution in [0.1, 0.15) is 48.3 Å². The molecule has 0 atom stereocenters. The van der Waals surface area contributed by atoms with Gasteiger partial charge in [-0.2, -0.15) is 5.26 Å². The van der Waals surface area contributed by atoms with Crippen molar-refractivity contribution in [2.75, 3.05) is 11.9 Å². The molecule has 8 nitrogen and oxygen atoms in total. The van der Waals surface area contributed by atoms with Crippen LogP contribution in [0.15, 0.2) is 18.6 Å². The van der Waals surface area contributed by atoms with E-state index in [-0.39, 0.29) is 11.8 Å². The highest BCUT2D eigenvalue weighted by atomic mass is 16.1. The second-order valence-corrected chi connectivity index (χ2v) is 7.26. The van der Waals surface area contributed by atoms with Crippen LogP contribution in [0.25, 0.3) is 0 Å². The van der Waals surface area contributed by atoms with Crippen molar-refractivity contribution in [3.63, 3.8) is 0 Å². The SMILES string of the molecule is Cc1nccnc1CCNc1ncc(C#N)c(CC2CCC(C(N)=O)CC2)n1. The first-order chi connectivity index (χ1) is 13.6. The van der Waals surface area contributed by atoms with Crippen LogP contribution in [0, 0.1) is 30.1 Å². The van der Waals surface area contributed by atoms with Crippen molar-refractivity contribution >= 4 is 11.9 Å². The van der Waals surface area contributed by atoms with E-state index in [4.69, 9.17) is 5.73 Å². The number of amides is 1. The molecule has 1 saturated carbocycles. The van der Waals surface area contributed by atoms with Gasteiger partial charge in [0, 0.05) is 31.3 Å². The average Bonchev–Trinajstić information content (AvgIpc) is 2.70. The van der Waals surface area contributed by atoms with E-state index in [1.807, 2.05) is 6.92 Å². The number of rotatable bonds is 7. The zero-order valence-corrected chi connectivity index (χ0v) is 16.1. The number of nitrogens with one attached hydrogen (secondary N) is 1. The molecule has 0 aliphatic heterocycles. The zero-order valence-electron chi connectivity index (χ0n) is 16.1. The van der Waals surface area contributed by atoms with Gasteiger partial charge in [0.1, 0.15) is 6.07 Å². The Morgan fingerprint density at radius 3 is 2.64 bits per heavy atom. The number of aromatic nitrogens is 4. The van der Waals surface area contributed by atoms with Crippen LogP contribution in [-0.2, 0) is 17.6 Å². The summed E-state index contributed by atoms with van der Waals surface area (Å²) in [5.41, 5.74) is 8.53. The molecule has 1 amide bonds. The Morgan fingerprint density at radius 1 is 1.21 bits per heavy atom. The highest BCUT2D eigenvalue weighted by Crippen LogP contribution is 2.31. The third-order valence-electron chi connectivity index (χ3n) is 5.35. The highest BCUT2D eigenvalue weighted by molar-refractivity contribution is 5.76. The lowest BCUT2D eigenvalue weighted by Crippen LogP contribution is -2.28. The standard InChI is InChI=1S/C20H25N7O/c1-13-17(24-9-8-23-13)6-7-25-20-26-12-16(11-21)18(27-20)10-14-2-4-15(5-3-14)19(22)28/h8-9,12,14-15H,2-7,10H2,1H3,(H2,22,28)(H,25,26,27). The molecule has 2 aromatic rings. The monoisotopic (exact) mass is 379 g/mol. The number of primary amides is 1. The van der Waals surface area contributed by atoms with Gasteiger partial charge in [-0.15, -0.1) is 0 Å². The molecule has 1 aliphatic carbocycles. The molecule has 0 unspecified atom stereocenters. The second kappa shape index (κ2) is 9.22. The molecule has 3 N–H and O–H groups in total. The number of anilines is 1. The van der Waals surface area contributed by atoms with Gasteiger partial charge in [0.05, 0.1) is 28.8 Å². The molecule has 1 fully saturated rings. The first-order valence-corrected chi connectivity index (χ1v) is 9.62. The van der Waals surface area contributed by atoms with Crippen LogP contribution in [0.4, 0.5) is 5.95 Å². The third kappa shape index (κ3) is 5.00. The molecule has 0 aromatic carbocycles. The summed E-state index contributed by atoms with van der Waals surface area (Å²) in [5.74, 6) is 0.705. The fourth-order valence-corrected chi connectivity index (χ4v) is 3.65. The first-order valence-electron chi connectivity index (χ1n) is 9.62. The van der Waals surface area contributed by atoms with Gasteiger partial charge in [-0.25, -0.2) is 9.97 Å². The topological polar surface area (TPSA) is 130 Å². The summed E-state index contributed by atoms with van der Waals surface area (Å²) < 4.78 is 0. The lowest BCUT2D eigenvalue weighted by molar-refractivity contribution is -0.122. The van der Waals surface area contributed by atoms with Crippen molar-refractivity contribution < 1.29 is 4.79 Å². The maximum Gasteiger partial charge on any atom is 0.222 e. The number of carbonyl (C=O) groups excluding carboxylic acids is 1. The molecule has 2 heterocycles. The normalized spacial score (nSPS) is 19.0. The fourth-order valence-electron chi connectivity index (χ4n) is 3.65. The van der Waals surface area contributed by atoms with Gasteiger partial charge in [0.15, 0.2) is 0 Å². The molecule has 0 spiro atoms. The number of hydrogen-bond donors (Lipinski definition) is 2. The fraction of sp³-hybridized carbons (Fsp3) is 0.500. The predicted octanol–water partition coefficient (Wildman–Crippen LogP) is 1.94. The predicted molar refractivity (Wildman–Crippen MR) is 104 cm³/mol. The number of hydrogen-bond acceptors (Lipinski definition) is 7. The molecular formula is C20H25N7O. The summed E-state index contributed by atoms with van der Waals surface area (Å²) in [6.07, 6.45) is 9.86. The van der Waals surface area contributed by atoms with Crippen LogP contribution < -0.4 is 11.1 Å². The number of nitrogens with two attached hydrogens (primary N) is 1. The van der Waals surface area contributed by atoms with E-state index in [0.717, 1.165) is 55.6 Å². The number of aryl methyl sites for hydroxylation is 1. The molecular weight excluding hydrogens is 354 g/mol. The van der Waals surface area contributed by atoms with Crippen molar-refractivity contribution in [3.05, 3.63) is 41.2 Å². The van der Waals surface area contributed by atoms with Crippen LogP contribution in [0.5, 0.6) is 0 Å². The molecule has 146 valence electrons. The Morgan fingerprint density at radius 2 is 1.96 bits per heavy atom. The van der Waals surface area contributed by atoms with Crippen molar-refractivity contribution in [1.82, 2.24) is 19.9 Å². The van der Waals surface area contributed by atoms with E-state index in [0.29, 0.717) is 24.0 Å². The molecule has 8 heteroatoms. The largest absolute Gasteiger partial charge is 0.369 e. The van der Waals surface area contributed by atoms with E-state index < -0.39 is 0 Å². The Bertz CT molecular complexity index is 869. The molecule has 28 heavy (non-hydrogen) atoms. The van der Waals surface area contributed by atoms with Gasteiger partial charge in [-0.3, -0.25) is 14.8 Å². The summed E-state index contributed by atoms with van der Waals surface area (Å²) in [6, 6.07) is 2.18. The third-order valence-corrected chi connectivity index (χ3v) is 5.35. The van der Waals surface area contributed by atoms with Crippen LogP contribution in [-0.4, -0.2) is 32.4 Å². The molecule has 0 bridgehead atoms. The molecule has 3 rings (SSSR count). The Hall–Kier alpha value is -3.08. The van der Waals surface area contributed by atoms with Crippen LogP contribution in [0.2, 0.25) is 0 Å². The van der Waals surface area contributed by atoms with Crippen molar-refractivity contribution in [2.45, 2.75) is 45.4 Å². The van der Waals surface area contributed by atoms with E-state index in [2.05, 4.69) is 31.3 Å². The van der Waals surface area contributed by atoms with Gasteiger partial charge >= 0.3 is 0 Å². The quantitative estimate of drug-likeness (QED) is 0.751. The minimum atomic E-state index is -0.206. The van der Waals surface area contributed by atoms with Crippen LogP contribution >= 0.6 is 0 Å². The second-order valence-electron chi connectivity index (χ2n) is 7.26. The average molecular weight is 379 g/mol. The Labute approximate surface area is 164 Å². The molecule has 1 aliphatic rings. The lowest BCUT2D eigenvalue weighted by Gasteiger charge is -2.26. The number of nitrogens with zero attached hydrogens (tertiary/aromatic N) is 5. The minimum Gasteiger partial charge on any atom is -0.369 e. The van der Waals surface area contributed by atoms with Gasteiger partial charge in [-0.05, 0) is 44.9 Å². The van der Waals surface area contributed by atoms with E-state index in [1.54, 1.807) is 18.6 Å². The molecule has 0 radical (unpaired) electrons. The van der Waals surface area contributed by atoms with E-state index in [1.165, 1.54) is 0 Å². The Balaban J connectivity index is 1.60. The minimum absolute atomic E-state index is 0.0149. The molecule has 2 aromatic heterocycles.